The van der Waals surface area contributed by atoms with Crippen molar-refractivity contribution in [1.29, 1.82) is 0 Å². The molecule has 0 aliphatic heterocycles. The highest BCUT2D eigenvalue weighted by atomic mass is 79.9. The fraction of sp³-hybridized carbons (Fsp3) is 0.0769. The second kappa shape index (κ2) is 6.04. The molecule has 0 heterocycles. The van der Waals surface area contributed by atoms with Crippen molar-refractivity contribution in [2.24, 2.45) is 0 Å². The molecule has 0 aliphatic carbocycles. The van der Waals surface area contributed by atoms with Gasteiger partial charge in [0.25, 0.3) is 0 Å². The minimum atomic E-state index is -0.293. The van der Waals surface area contributed by atoms with Crippen molar-refractivity contribution < 1.29 is 9.13 Å². The summed E-state index contributed by atoms with van der Waals surface area (Å²) in [5, 5.41) is 0.628. The van der Waals surface area contributed by atoms with Crippen LogP contribution in [-0.2, 0) is 6.61 Å². The average Bonchev–Trinajstić information content (AvgIpc) is 2.26. The quantitative estimate of drug-likeness (QED) is 0.660. The molecular weight excluding hydrogens is 386 g/mol. The molecule has 0 radical (unpaired) electrons. The molecule has 0 aromatic heterocycles. The number of ether oxygens (including phenoxy) is 1. The largest absolute Gasteiger partial charge is 0.488 e. The summed E-state index contributed by atoms with van der Waals surface area (Å²) in [5.74, 6) is 0.373. The van der Waals surface area contributed by atoms with Crippen LogP contribution in [-0.4, -0.2) is 0 Å². The fourth-order valence-corrected chi connectivity index (χ4v) is 2.76. The predicted octanol–water partition coefficient (Wildman–Crippen LogP) is 5.58. The Hall–Kier alpha value is -0.580. The van der Waals surface area contributed by atoms with Gasteiger partial charge < -0.3 is 4.74 Å². The van der Waals surface area contributed by atoms with Crippen molar-refractivity contribution in [2.75, 3.05) is 0 Å². The molecule has 0 atom stereocenters. The zero-order valence-corrected chi connectivity index (χ0v) is 13.0. The molecule has 0 aliphatic rings. The lowest BCUT2D eigenvalue weighted by Crippen LogP contribution is -1.96. The zero-order valence-electron chi connectivity index (χ0n) is 9.09. The monoisotopic (exact) mass is 392 g/mol. The Morgan fingerprint density at radius 1 is 1.11 bits per heavy atom. The van der Waals surface area contributed by atoms with Gasteiger partial charge in [0.05, 0.1) is 4.47 Å². The van der Waals surface area contributed by atoms with E-state index in [1.807, 2.05) is 6.07 Å². The highest BCUT2D eigenvalue weighted by Gasteiger charge is 2.04. The van der Waals surface area contributed by atoms with Crippen LogP contribution < -0.4 is 4.74 Å². The normalized spacial score (nSPS) is 10.4. The van der Waals surface area contributed by atoms with E-state index in [-0.39, 0.29) is 12.4 Å². The SMILES string of the molecule is Fc1cc(Br)cc(COc2ccc(Cl)cc2Br)c1. The molecule has 0 saturated heterocycles. The molecule has 94 valence electrons. The van der Waals surface area contributed by atoms with Crippen LogP contribution in [0.4, 0.5) is 4.39 Å². The fourth-order valence-electron chi connectivity index (χ4n) is 1.45. The summed E-state index contributed by atoms with van der Waals surface area (Å²) < 4.78 is 20.2. The zero-order chi connectivity index (χ0) is 13.1. The van der Waals surface area contributed by atoms with E-state index in [1.54, 1.807) is 18.2 Å². The van der Waals surface area contributed by atoms with Gasteiger partial charge in [0, 0.05) is 9.50 Å². The minimum absolute atomic E-state index is 0.288. The van der Waals surface area contributed by atoms with E-state index in [9.17, 15) is 4.39 Å². The third kappa shape index (κ3) is 3.70. The molecule has 0 N–H and O–H groups in total. The first-order chi connectivity index (χ1) is 8.54. The van der Waals surface area contributed by atoms with Crippen LogP contribution in [0.5, 0.6) is 5.75 Å². The van der Waals surface area contributed by atoms with Crippen molar-refractivity contribution in [3.8, 4) is 5.75 Å². The highest BCUT2D eigenvalue weighted by Crippen LogP contribution is 2.28. The molecule has 2 aromatic rings. The first-order valence-electron chi connectivity index (χ1n) is 5.07. The number of benzene rings is 2. The third-order valence-electron chi connectivity index (χ3n) is 2.21. The lowest BCUT2D eigenvalue weighted by atomic mass is 10.2. The van der Waals surface area contributed by atoms with E-state index in [0.717, 1.165) is 10.0 Å². The van der Waals surface area contributed by atoms with Gasteiger partial charge in [0.2, 0.25) is 0 Å². The maximum atomic E-state index is 13.2. The molecule has 0 spiro atoms. The first kappa shape index (κ1) is 13.8. The van der Waals surface area contributed by atoms with Crippen LogP contribution in [0.15, 0.2) is 45.3 Å². The van der Waals surface area contributed by atoms with Gasteiger partial charge in [-0.2, -0.15) is 0 Å². The molecule has 0 unspecified atom stereocenters. The van der Waals surface area contributed by atoms with E-state index in [2.05, 4.69) is 31.9 Å². The van der Waals surface area contributed by atoms with Crippen LogP contribution in [0.25, 0.3) is 0 Å². The van der Waals surface area contributed by atoms with E-state index >= 15 is 0 Å². The summed E-state index contributed by atoms with van der Waals surface area (Å²) in [4.78, 5) is 0. The molecule has 2 rings (SSSR count). The van der Waals surface area contributed by atoms with Gasteiger partial charge in [-0.25, -0.2) is 4.39 Å². The predicted molar refractivity (Wildman–Crippen MR) is 77.6 cm³/mol. The summed E-state index contributed by atoms with van der Waals surface area (Å²) in [6, 6.07) is 9.91. The van der Waals surface area contributed by atoms with Gasteiger partial charge in [-0.15, -0.1) is 0 Å². The van der Waals surface area contributed by atoms with Crippen LogP contribution in [0.2, 0.25) is 5.02 Å². The van der Waals surface area contributed by atoms with Gasteiger partial charge in [0.15, 0.2) is 0 Å². The number of hydrogen-bond acceptors (Lipinski definition) is 1. The summed E-state index contributed by atoms with van der Waals surface area (Å²) in [6.45, 7) is 0.288. The molecular formula is C13H8Br2ClFO. The van der Waals surface area contributed by atoms with Crippen molar-refractivity contribution in [3.05, 3.63) is 61.7 Å². The maximum absolute atomic E-state index is 13.2. The summed E-state index contributed by atoms with van der Waals surface area (Å²) >= 11 is 12.4. The maximum Gasteiger partial charge on any atom is 0.134 e. The van der Waals surface area contributed by atoms with Gasteiger partial charge in [-0.1, -0.05) is 27.5 Å². The average molecular weight is 394 g/mol. The highest BCUT2D eigenvalue weighted by molar-refractivity contribution is 9.10. The smallest absolute Gasteiger partial charge is 0.134 e. The molecule has 0 fully saturated rings. The molecule has 0 saturated carbocycles. The van der Waals surface area contributed by atoms with Crippen molar-refractivity contribution in [3.63, 3.8) is 0 Å². The van der Waals surface area contributed by atoms with Crippen LogP contribution >= 0.6 is 43.5 Å². The summed E-state index contributed by atoms with van der Waals surface area (Å²) in [7, 11) is 0. The van der Waals surface area contributed by atoms with E-state index < -0.39 is 0 Å². The second-order valence-corrected chi connectivity index (χ2v) is 5.85. The van der Waals surface area contributed by atoms with Gasteiger partial charge in [-0.05, 0) is 57.9 Å². The lowest BCUT2D eigenvalue weighted by Gasteiger charge is -2.09. The van der Waals surface area contributed by atoms with Crippen LogP contribution in [0.3, 0.4) is 0 Å². The molecule has 0 amide bonds. The Balaban J connectivity index is 2.11. The Bertz CT molecular complexity index is 555. The number of halogens is 4. The number of rotatable bonds is 3. The molecule has 18 heavy (non-hydrogen) atoms. The lowest BCUT2D eigenvalue weighted by molar-refractivity contribution is 0.303. The summed E-state index contributed by atoms with van der Waals surface area (Å²) in [6.07, 6.45) is 0. The van der Waals surface area contributed by atoms with Gasteiger partial charge >= 0.3 is 0 Å². The molecule has 2 aromatic carbocycles. The molecule has 1 nitrogen and oxygen atoms in total. The van der Waals surface area contributed by atoms with Crippen molar-refractivity contribution in [2.45, 2.75) is 6.61 Å². The first-order valence-corrected chi connectivity index (χ1v) is 7.04. The van der Waals surface area contributed by atoms with E-state index in [4.69, 9.17) is 16.3 Å². The van der Waals surface area contributed by atoms with E-state index in [0.29, 0.717) is 15.2 Å². The second-order valence-electron chi connectivity index (χ2n) is 3.64. The van der Waals surface area contributed by atoms with Gasteiger partial charge in [0.1, 0.15) is 18.2 Å². The standard InChI is InChI=1S/C13H8Br2ClFO/c14-9-3-8(4-11(17)5-9)7-18-13-2-1-10(16)6-12(13)15/h1-6H,7H2. The Morgan fingerprint density at radius 2 is 1.89 bits per heavy atom. The van der Waals surface area contributed by atoms with Gasteiger partial charge in [-0.3, -0.25) is 0 Å². The molecule has 0 bridgehead atoms. The Labute approximate surface area is 126 Å². The van der Waals surface area contributed by atoms with E-state index in [1.165, 1.54) is 12.1 Å². The Kier molecular flexibility index (Phi) is 4.65. The van der Waals surface area contributed by atoms with Crippen LogP contribution in [0, 0.1) is 5.82 Å². The van der Waals surface area contributed by atoms with Crippen LogP contribution in [0.1, 0.15) is 5.56 Å². The van der Waals surface area contributed by atoms with Crippen molar-refractivity contribution >= 4 is 43.5 Å². The number of hydrogen-bond donors (Lipinski definition) is 0. The minimum Gasteiger partial charge on any atom is -0.488 e. The summed E-state index contributed by atoms with van der Waals surface area (Å²) in [5.41, 5.74) is 0.753. The topological polar surface area (TPSA) is 9.23 Å². The Morgan fingerprint density at radius 3 is 2.56 bits per heavy atom. The van der Waals surface area contributed by atoms with Crippen molar-refractivity contribution in [1.82, 2.24) is 0 Å². The third-order valence-corrected chi connectivity index (χ3v) is 3.52. The molecule has 5 heteroatoms.